The van der Waals surface area contributed by atoms with Crippen LogP contribution in [0.25, 0.3) is 0 Å². The molecule has 0 aromatic rings. The van der Waals surface area contributed by atoms with E-state index in [0.29, 0.717) is 25.7 Å². The van der Waals surface area contributed by atoms with Crippen molar-refractivity contribution in [2.45, 2.75) is 77.2 Å². The molecular formula is C22H34O4. The number of hydrogen-bond acceptors (Lipinski definition) is 3. The number of aliphatic carboxylic acids is 1. The summed E-state index contributed by atoms with van der Waals surface area (Å²) in [6.07, 6.45) is 14.2. The molecule has 4 nitrogen and oxygen atoms in total. The fraction of sp³-hybridized carbons (Fsp3) is 0.636. The van der Waals surface area contributed by atoms with Crippen LogP contribution in [0.15, 0.2) is 36.5 Å². The molecule has 0 spiro atoms. The number of carbonyl (C=O) groups is 2. The molecule has 1 fully saturated rings. The van der Waals surface area contributed by atoms with Gasteiger partial charge in [-0.05, 0) is 32.6 Å². The van der Waals surface area contributed by atoms with Crippen molar-refractivity contribution >= 4 is 11.8 Å². The van der Waals surface area contributed by atoms with Crippen molar-refractivity contribution in [3.05, 3.63) is 36.5 Å². The Hall–Kier alpha value is -1.68. The van der Waals surface area contributed by atoms with E-state index in [0.717, 1.165) is 31.3 Å². The van der Waals surface area contributed by atoms with Crippen LogP contribution in [0.2, 0.25) is 0 Å². The Kier molecular flexibility index (Phi) is 9.57. The second kappa shape index (κ2) is 11.1. The smallest absolute Gasteiger partial charge is 0.303 e. The number of carboxylic acid groups (broad SMARTS) is 1. The van der Waals surface area contributed by atoms with Crippen LogP contribution < -0.4 is 0 Å². The van der Waals surface area contributed by atoms with Gasteiger partial charge in [0, 0.05) is 24.7 Å². The monoisotopic (exact) mass is 362 g/mol. The lowest BCUT2D eigenvalue weighted by atomic mass is 9.88. The zero-order valence-corrected chi connectivity index (χ0v) is 16.2. The maximum atomic E-state index is 12.3. The van der Waals surface area contributed by atoms with Gasteiger partial charge in [-0.1, -0.05) is 62.6 Å². The first-order valence-corrected chi connectivity index (χ1v) is 9.75. The molecule has 0 unspecified atom stereocenters. The van der Waals surface area contributed by atoms with E-state index in [2.05, 4.69) is 13.5 Å². The van der Waals surface area contributed by atoms with Gasteiger partial charge in [0.15, 0.2) is 0 Å². The van der Waals surface area contributed by atoms with Crippen LogP contribution in [-0.4, -0.2) is 27.6 Å². The lowest BCUT2D eigenvalue weighted by Gasteiger charge is -2.21. The topological polar surface area (TPSA) is 74.6 Å². The Labute approximate surface area is 157 Å². The van der Waals surface area contributed by atoms with Crippen LogP contribution in [0.3, 0.4) is 0 Å². The molecular weight excluding hydrogens is 328 g/mol. The van der Waals surface area contributed by atoms with Crippen LogP contribution in [0.4, 0.5) is 0 Å². The van der Waals surface area contributed by atoms with E-state index in [-0.39, 0.29) is 24.0 Å². The molecule has 0 saturated heterocycles. The summed E-state index contributed by atoms with van der Waals surface area (Å²) in [6.45, 7) is 8.00. The predicted octanol–water partition coefficient (Wildman–Crippen LogP) is 4.84. The first-order valence-electron chi connectivity index (χ1n) is 9.75. The zero-order valence-electron chi connectivity index (χ0n) is 16.2. The summed E-state index contributed by atoms with van der Waals surface area (Å²) in [6, 6.07) is 0. The summed E-state index contributed by atoms with van der Waals surface area (Å²) in [7, 11) is 0. The highest BCUT2D eigenvalue weighted by atomic mass is 16.4. The molecule has 4 heteroatoms. The number of unbranched alkanes of at least 4 members (excludes halogenated alkanes) is 3. The normalized spacial score (nSPS) is 23.2. The van der Waals surface area contributed by atoms with E-state index in [9.17, 15) is 14.7 Å². The molecule has 0 amide bonds. The van der Waals surface area contributed by atoms with Crippen molar-refractivity contribution in [2.75, 3.05) is 0 Å². The second-order valence-electron chi connectivity index (χ2n) is 7.60. The molecule has 146 valence electrons. The van der Waals surface area contributed by atoms with Gasteiger partial charge in [-0.25, -0.2) is 0 Å². The highest BCUT2D eigenvalue weighted by Crippen LogP contribution is 2.37. The minimum Gasteiger partial charge on any atom is -0.481 e. The standard InChI is InChI=1S/C22H34O4/c1-4-5-10-14-22(3,26)15-13-18-17(2)16-20(23)19(18)11-8-6-7-9-12-21(24)25/h6,8,13,15,18-19,26H,2,4-5,7,9-12,14,16H2,1,3H3,(H,24,25)/b8-6-,15-13+/t18-,19+,22-/m0/s1. The summed E-state index contributed by atoms with van der Waals surface area (Å²) in [5, 5.41) is 19.1. The molecule has 2 N–H and O–H groups in total. The van der Waals surface area contributed by atoms with E-state index in [1.54, 1.807) is 0 Å². The second-order valence-corrected chi connectivity index (χ2v) is 7.60. The van der Waals surface area contributed by atoms with Crippen LogP contribution in [0.1, 0.15) is 71.6 Å². The Balaban J connectivity index is 2.59. The number of rotatable bonds is 12. The maximum absolute atomic E-state index is 12.3. The van der Waals surface area contributed by atoms with E-state index in [1.807, 2.05) is 31.2 Å². The number of ketones is 1. The lowest BCUT2D eigenvalue weighted by molar-refractivity contribution is -0.137. The van der Waals surface area contributed by atoms with Gasteiger partial charge >= 0.3 is 5.97 Å². The summed E-state index contributed by atoms with van der Waals surface area (Å²) < 4.78 is 0. The van der Waals surface area contributed by atoms with Crippen molar-refractivity contribution in [2.24, 2.45) is 11.8 Å². The van der Waals surface area contributed by atoms with E-state index in [4.69, 9.17) is 5.11 Å². The van der Waals surface area contributed by atoms with Gasteiger partial charge < -0.3 is 10.2 Å². The van der Waals surface area contributed by atoms with E-state index < -0.39 is 11.6 Å². The van der Waals surface area contributed by atoms with Crippen LogP contribution >= 0.6 is 0 Å². The Morgan fingerprint density at radius 3 is 2.69 bits per heavy atom. The zero-order chi connectivity index (χ0) is 19.6. The maximum Gasteiger partial charge on any atom is 0.303 e. The molecule has 1 rings (SSSR count). The van der Waals surface area contributed by atoms with Crippen molar-refractivity contribution in [1.82, 2.24) is 0 Å². The first-order chi connectivity index (χ1) is 12.3. The van der Waals surface area contributed by atoms with Gasteiger partial charge in [0.05, 0.1) is 5.60 Å². The van der Waals surface area contributed by atoms with E-state index in [1.165, 1.54) is 0 Å². The number of Topliss-reactive ketones (excluding diaryl/α,β-unsaturated/α-hetero) is 1. The molecule has 0 aromatic heterocycles. The Morgan fingerprint density at radius 2 is 2.04 bits per heavy atom. The third kappa shape index (κ3) is 8.13. The largest absolute Gasteiger partial charge is 0.481 e. The van der Waals surface area contributed by atoms with Crippen LogP contribution in [0.5, 0.6) is 0 Å². The van der Waals surface area contributed by atoms with Gasteiger partial charge in [-0.3, -0.25) is 9.59 Å². The van der Waals surface area contributed by atoms with Gasteiger partial charge in [0.1, 0.15) is 5.78 Å². The summed E-state index contributed by atoms with van der Waals surface area (Å²) >= 11 is 0. The van der Waals surface area contributed by atoms with Crippen LogP contribution in [0, 0.1) is 11.8 Å². The van der Waals surface area contributed by atoms with Gasteiger partial charge in [-0.15, -0.1) is 0 Å². The van der Waals surface area contributed by atoms with Crippen molar-refractivity contribution < 1.29 is 19.8 Å². The minimum absolute atomic E-state index is 0.0242. The molecule has 1 aliphatic carbocycles. The predicted molar refractivity (Wildman–Crippen MR) is 105 cm³/mol. The molecule has 0 aliphatic heterocycles. The summed E-state index contributed by atoms with van der Waals surface area (Å²) in [4.78, 5) is 22.8. The summed E-state index contributed by atoms with van der Waals surface area (Å²) in [5.74, 6) is -0.730. The van der Waals surface area contributed by atoms with Gasteiger partial charge in [0.25, 0.3) is 0 Å². The minimum atomic E-state index is -0.849. The SMILES string of the molecule is C=C1CC(=O)[C@H](C/C=C\CCCC(=O)O)[C@H]1/C=C/[C@@](C)(O)CCCCC. The molecule has 26 heavy (non-hydrogen) atoms. The molecule has 0 aromatic carbocycles. The number of hydrogen-bond donors (Lipinski definition) is 2. The van der Waals surface area contributed by atoms with Gasteiger partial charge in [-0.2, -0.15) is 0 Å². The lowest BCUT2D eigenvalue weighted by Crippen LogP contribution is -2.21. The molecule has 1 aliphatic rings. The quantitative estimate of drug-likeness (QED) is 0.385. The fourth-order valence-corrected chi connectivity index (χ4v) is 3.36. The average Bonchev–Trinajstić information content (AvgIpc) is 2.82. The van der Waals surface area contributed by atoms with Crippen molar-refractivity contribution in [3.8, 4) is 0 Å². The molecule has 1 saturated carbocycles. The summed E-state index contributed by atoms with van der Waals surface area (Å²) in [5.41, 5.74) is 0.0677. The Morgan fingerprint density at radius 1 is 1.31 bits per heavy atom. The van der Waals surface area contributed by atoms with Crippen LogP contribution in [-0.2, 0) is 9.59 Å². The number of aliphatic hydroxyl groups is 1. The van der Waals surface area contributed by atoms with Crippen molar-refractivity contribution in [1.29, 1.82) is 0 Å². The third-order valence-corrected chi connectivity index (χ3v) is 4.99. The highest BCUT2D eigenvalue weighted by molar-refractivity contribution is 5.87. The molecule has 0 radical (unpaired) electrons. The van der Waals surface area contributed by atoms with E-state index >= 15 is 0 Å². The first kappa shape index (κ1) is 22.4. The molecule has 0 heterocycles. The van der Waals surface area contributed by atoms with Crippen molar-refractivity contribution in [3.63, 3.8) is 0 Å². The molecule has 3 atom stereocenters. The highest BCUT2D eigenvalue weighted by Gasteiger charge is 2.35. The third-order valence-electron chi connectivity index (χ3n) is 4.99. The number of carboxylic acids is 1. The molecule has 0 bridgehead atoms. The average molecular weight is 363 g/mol. The fourth-order valence-electron chi connectivity index (χ4n) is 3.36. The van der Waals surface area contributed by atoms with Gasteiger partial charge in [0.2, 0.25) is 0 Å². The number of allylic oxidation sites excluding steroid dienone is 4. The Bertz CT molecular complexity index is 542. The number of carbonyl (C=O) groups excluding carboxylic acids is 1.